The van der Waals surface area contributed by atoms with Crippen molar-refractivity contribution < 1.29 is 0 Å². The molecule has 0 spiro atoms. The van der Waals surface area contributed by atoms with Gasteiger partial charge in [-0.3, -0.25) is 0 Å². The van der Waals surface area contributed by atoms with Crippen LogP contribution in [0.25, 0.3) is 0 Å². The van der Waals surface area contributed by atoms with Crippen molar-refractivity contribution in [3.8, 4) is 0 Å². The van der Waals surface area contributed by atoms with Crippen molar-refractivity contribution in [1.82, 2.24) is 29.8 Å². The maximum Gasteiger partial charge on any atom is 0.154 e. The minimum Gasteiger partial charge on any atom is -0.325 e. The molecule has 0 atom stereocenters. The second-order valence-electron chi connectivity index (χ2n) is 3.93. The highest BCUT2D eigenvalue weighted by atomic mass is 15.4. The molecule has 2 heterocycles. The lowest BCUT2D eigenvalue weighted by molar-refractivity contribution is 0.564. The van der Waals surface area contributed by atoms with Crippen LogP contribution in [-0.4, -0.2) is 29.8 Å². The standard InChI is InChI=1S/C10H17N7/c1-3-4-17-8(2)12-14-10(17)7-16-6-9(5-11)13-15-16/h6H,3-5,7,11H2,1-2H3. The summed E-state index contributed by atoms with van der Waals surface area (Å²) in [5.74, 6) is 1.83. The quantitative estimate of drug-likeness (QED) is 0.793. The fourth-order valence-corrected chi connectivity index (χ4v) is 1.71. The lowest BCUT2D eigenvalue weighted by atomic mass is 10.4. The van der Waals surface area contributed by atoms with Gasteiger partial charge in [0.1, 0.15) is 12.4 Å². The Hall–Kier alpha value is -1.76. The molecule has 0 fully saturated rings. The van der Waals surface area contributed by atoms with Crippen LogP contribution in [-0.2, 0) is 19.6 Å². The van der Waals surface area contributed by atoms with Crippen molar-refractivity contribution in [3.05, 3.63) is 23.5 Å². The SMILES string of the molecule is CCCn1c(C)nnc1Cn1cc(CN)nn1. The molecule has 2 aromatic rings. The predicted molar refractivity (Wildman–Crippen MR) is 62.1 cm³/mol. The molecule has 0 aliphatic rings. The van der Waals surface area contributed by atoms with E-state index < -0.39 is 0 Å². The summed E-state index contributed by atoms with van der Waals surface area (Å²) in [6.07, 6.45) is 2.89. The van der Waals surface area contributed by atoms with Crippen LogP contribution in [0.3, 0.4) is 0 Å². The summed E-state index contributed by atoms with van der Waals surface area (Å²) >= 11 is 0. The Morgan fingerprint density at radius 2 is 2.12 bits per heavy atom. The summed E-state index contributed by atoms with van der Waals surface area (Å²) in [7, 11) is 0. The molecule has 2 aromatic heterocycles. The molecule has 2 rings (SSSR count). The smallest absolute Gasteiger partial charge is 0.154 e. The molecular formula is C10H17N7. The first-order chi connectivity index (χ1) is 8.24. The van der Waals surface area contributed by atoms with Gasteiger partial charge in [-0.25, -0.2) is 4.68 Å². The molecule has 0 aliphatic carbocycles. The lowest BCUT2D eigenvalue weighted by Gasteiger charge is -2.06. The van der Waals surface area contributed by atoms with E-state index in [9.17, 15) is 0 Å². The number of rotatable bonds is 5. The first-order valence-electron chi connectivity index (χ1n) is 5.72. The molecule has 2 N–H and O–H groups in total. The van der Waals surface area contributed by atoms with E-state index in [1.807, 2.05) is 13.1 Å². The average Bonchev–Trinajstić information content (AvgIpc) is 2.91. The topological polar surface area (TPSA) is 87.4 Å². The van der Waals surface area contributed by atoms with Gasteiger partial charge in [-0.2, -0.15) is 0 Å². The minimum absolute atomic E-state index is 0.403. The fraction of sp³-hybridized carbons (Fsp3) is 0.600. The van der Waals surface area contributed by atoms with Gasteiger partial charge in [0.2, 0.25) is 0 Å². The summed E-state index contributed by atoms with van der Waals surface area (Å²) in [6, 6.07) is 0. The first-order valence-corrected chi connectivity index (χ1v) is 5.72. The maximum absolute atomic E-state index is 5.49. The first kappa shape index (κ1) is 11.7. The third-order valence-electron chi connectivity index (χ3n) is 2.56. The van der Waals surface area contributed by atoms with E-state index in [0.29, 0.717) is 13.1 Å². The van der Waals surface area contributed by atoms with Crippen molar-refractivity contribution in [1.29, 1.82) is 0 Å². The lowest BCUT2D eigenvalue weighted by Crippen LogP contribution is -2.10. The van der Waals surface area contributed by atoms with Crippen molar-refractivity contribution in [3.63, 3.8) is 0 Å². The van der Waals surface area contributed by atoms with Gasteiger partial charge in [-0.15, -0.1) is 15.3 Å². The fourth-order valence-electron chi connectivity index (χ4n) is 1.71. The highest BCUT2D eigenvalue weighted by molar-refractivity contribution is 4.97. The molecule has 7 nitrogen and oxygen atoms in total. The monoisotopic (exact) mass is 235 g/mol. The summed E-state index contributed by atoms with van der Waals surface area (Å²) in [5.41, 5.74) is 6.27. The number of nitrogens with zero attached hydrogens (tertiary/aromatic N) is 6. The minimum atomic E-state index is 0.403. The number of nitrogens with two attached hydrogens (primary N) is 1. The summed E-state index contributed by atoms with van der Waals surface area (Å²) < 4.78 is 3.83. The number of aromatic nitrogens is 6. The van der Waals surface area contributed by atoms with Gasteiger partial charge >= 0.3 is 0 Å². The molecule has 0 saturated carbocycles. The van der Waals surface area contributed by atoms with Crippen molar-refractivity contribution in [2.45, 2.75) is 39.9 Å². The van der Waals surface area contributed by atoms with Gasteiger partial charge in [0.25, 0.3) is 0 Å². The summed E-state index contributed by atoms with van der Waals surface area (Å²) in [6.45, 7) is 5.99. The normalized spacial score (nSPS) is 11.0. The van der Waals surface area contributed by atoms with Crippen LogP contribution in [0.5, 0.6) is 0 Å². The maximum atomic E-state index is 5.49. The van der Waals surface area contributed by atoms with Crippen molar-refractivity contribution in [2.75, 3.05) is 0 Å². The molecule has 0 amide bonds. The molecular weight excluding hydrogens is 218 g/mol. The zero-order chi connectivity index (χ0) is 12.3. The number of hydrogen-bond donors (Lipinski definition) is 1. The van der Waals surface area contributed by atoms with E-state index in [0.717, 1.165) is 30.3 Å². The number of hydrogen-bond acceptors (Lipinski definition) is 5. The van der Waals surface area contributed by atoms with E-state index in [4.69, 9.17) is 5.73 Å². The van der Waals surface area contributed by atoms with E-state index in [2.05, 4.69) is 32.0 Å². The average molecular weight is 235 g/mol. The van der Waals surface area contributed by atoms with E-state index in [-0.39, 0.29) is 0 Å². The van der Waals surface area contributed by atoms with Gasteiger partial charge in [0.05, 0.1) is 11.9 Å². The molecule has 92 valence electrons. The Morgan fingerprint density at radius 1 is 1.29 bits per heavy atom. The van der Waals surface area contributed by atoms with Gasteiger partial charge < -0.3 is 10.3 Å². The molecule has 0 unspecified atom stereocenters. The van der Waals surface area contributed by atoms with Crippen molar-refractivity contribution in [2.24, 2.45) is 5.73 Å². The van der Waals surface area contributed by atoms with Crippen LogP contribution in [0.2, 0.25) is 0 Å². The highest BCUT2D eigenvalue weighted by Crippen LogP contribution is 2.04. The molecule has 0 bridgehead atoms. The Balaban J connectivity index is 2.17. The van der Waals surface area contributed by atoms with Crippen LogP contribution in [0.15, 0.2) is 6.20 Å². The zero-order valence-corrected chi connectivity index (χ0v) is 10.2. The Labute approximate surface area is 99.6 Å². The Kier molecular flexibility index (Phi) is 3.48. The van der Waals surface area contributed by atoms with Gasteiger partial charge in [0.15, 0.2) is 5.82 Å². The van der Waals surface area contributed by atoms with Gasteiger partial charge in [-0.1, -0.05) is 12.1 Å². The van der Waals surface area contributed by atoms with Crippen LogP contribution in [0.4, 0.5) is 0 Å². The predicted octanol–water partition coefficient (Wildman–Crippen LogP) is 0.0950. The van der Waals surface area contributed by atoms with Crippen LogP contribution in [0.1, 0.15) is 30.7 Å². The zero-order valence-electron chi connectivity index (χ0n) is 10.2. The molecule has 0 radical (unpaired) electrons. The summed E-state index contributed by atoms with van der Waals surface area (Å²) in [5, 5.41) is 16.2. The van der Waals surface area contributed by atoms with Crippen LogP contribution in [0, 0.1) is 6.92 Å². The van der Waals surface area contributed by atoms with E-state index in [1.165, 1.54) is 0 Å². The Morgan fingerprint density at radius 3 is 2.76 bits per heavy atom. The highest BCUT2D eigenvalue weighted by Gasteiger charge is 2.09. The van der Waals surface area contributed by atoms with Gasteiger partial charge in [0, 0.05) is 13.1 Å². The third kappa shape index (κ3) is 2.50. The Bertz CT molecular complexity index is 485. The third-order valence-corrected chi connectivity index (χ3v) is 2.56. The second kappa shape index (κ2) is 5.05. The number of aryl methyl sites for hydroxylation is 1. The second-order valence-corrected chi connectivity index (χ2v) is 3.93. The molecule has 17 heavy (non-hydrogen) atoms. The summed E-state index contributed by atoms with van der Waals surface area (Å²) in [4.78, 5) is 0. The van der Waals surface area contributed by atoms with E-state index >= 15 is 0 Å². The molecule has 0 aromatic carbocycles. The largest absolute Gasteiger partial charge is 0.325 e. The molecule has 0 aliphatic heterocycles. The molecule has 7 heteroatoms. The van der Waals surface area contributed by atoms with Crippen LogP contribution < -0.4 is 5.73 Å². The van der Waals surface area contributed by atoms with Gasteiger partial charge in [-0.05, 0) is 13.3 Å². The van der Waals surface area contributed by atoms with Crippen LogP contribution >= 0.6 is 0 Å². The van der Waals surface area contributed by atoms with E-state index in [1.54, 1.807) is 4.68 Å². The van der Waals surface area contributed by atoms with Crippen molar-refractivity contribution >= 4 is 0 Å². The molecule has 0 saturated heterocycles.